The normalized spacial score (nSPS) is 26.6. The van der Waals surface area contributed by atoms with Crippen LogP contribution in [0.25, 0.3) is 0 Å². The monoisotopic (exact) mass is 214 g/mol. The summed E-state index contributed by atoms with van der Waals surface area (Å²) in [5, 5.41) is 8.78. The molecule has 0 aromatic carbocycles. The Balaban J connectivity index is 2.14. The molecule has 0 radical (unpaired) electrons. The molecule has 1 aliphatic heterocycles. The van der Waals surface area contributed by atoms with Crippen LogP contribution in [0.2, 0.25) is 0 Å². The van der Waals surface area contributed by atoms with Gasteiger partial charge in [0.1, 0.15) is 4.11 Å². The summed E-state index contributed by atoms with van der Waals surface area (Å²) in [6.07, 6.45) is 0. The maximum absolute atomic E-state index is 8.78. The predicted molar refractivity (Wildman–Crippen MR) is 34.3 cm³/mol. The van der Waals surface area contributed by atoms with Gasteiger partial charge < -0.3 is 9.84 Å². The molecule has 1 saturated heterocycles. The molecule has 7 heavy (non-hydrogen) atoms. The van der Waals surface area contributed by atoms with Crippen molar-refractivity contribution in [1.29, 1.82) is 0 Å². The first-order chi connectivity index (χ1) is 3.30. The minimum atomic E-state index is -0.202. The number of aliphatic hydroxyl groups is 1. The van der Waals surface area contributed by atoms with E-state index in [1.54, 1.807) is 0 Å². The van der Waals surface area contributed by atoms with Gasteiger partial charge in [-0.25, -0.2) is 0 Å². The van der Waals surface area contributed by atoms with E-state index in [0.717, 1.165) is 13.2 Å². The van der Waals surface area contributed by atoms with Crippen LogP contribution in [0.1, 0.15) is 0 Å². The second-order valence-electron chi connectivity index (χ2n) is 1.67. The molecule has 0 saturated carbocycles. The van der Waals surface area contributed by atoms with E-state index < -0.39 is 0 Å². The molecule has 0 aromatic heterocycles. The molecule has 1 heterocycles. The van der Waals surface area contributed by atoms with Gasteiger partial charge in [0.05, 0.1) is 13.2 Å². The van der Waals surface area contributed by atoms with Gasteiger partial charge in [0, 0.05) is 5.92 Å². The summed E-state index contributed by atoms with van der Waals surface area (Å²) >= 11 is 2.00. The van der Waals surface area contributed by atoms with Gasteiger partial charge in [-0.05, 0) is 0 Å². The van der Waals surface area contributed by atoms with Crippen LogP contribution in [0, 0.1) is 5.92 Å². The Kier molecular flexibility index (Phi) is 1.88. The van der Waals surface area contributed by atoms with Crippen molar-refractivity contribution in [2.75, 3.05) is 13.2 Å². The molecule has 0 amide bonds. The quantitative estimate of drug-likeness (QED) is 0.505. The SMILES string of the molecule is OC(I)C1COC1. The molecule has 3 heteroatoms. The Bertz CT molecular complexity index is 60.7. The molecule has 0 spiro atoms. The van der Waals surface area contributed by atoms with Crippen molar-refractivity contribution in [2.24, 2.45) is 5.92 Å². The summed E-state index contributed by atoms with van der Waals surface area (Å²) < 4.78 is 4.63. The van der Waals surface area contributed by atoms with E-state index in [9.17, 15) is 0 Å². The number of alkyl halides is 1. The van der Waals surface area contributed by atoms with E-state index in [2.05, 4.69) is 0 Å². The van der Waals surface area contributed by atoms with Gasteiger partial charge in [-0.2, -0.15) is 0 Å². The van der Waals surface area contributed by atoms with Gasteiger partial charge in [-0.1, -0.05) is 22.6 Å². The van der Waals surface area contributed by atoms with E-state index in [1.165, 1.54) is 0 Å². The molecule has 42 valence electrons. The topological polar surface area (TPSA) is 29.5 Å². The van der Waals surface area contributed by atoms with Crippen molar-refractivity contribution < 1.29 is 9.84 Å². The second kappa shape index (κ2) is 2.28. The van der Waals surface area contributed by atoms with Crippen LogP contribution in [0.15, 0.2) is 0 Å². The Morgan fingerprint density at radius 2 is 2.29 bits per heavy atom. The van der Waals surface area contributed by atoms with Crippen molar-refractivity contribution in [3.63, 3.8) is 0 Å². The van der Waals surface area contributed by atoms with Crippen LogP contribution in [0.3, 0.4) is 0 Å². The van der Waals surface area contributed by atoms with Crippen molar-refractivity contribution in [2.45, 2.75) is 4.11 Å². The molecule has 2 nitrogen and oxygen atoms in total. The maximum Gasteiger partial charge on any atom is 0.112 e. The van der Waals surface area contributed by atoms with Crippen molar-refractivity contribution in [1.82, 2.24) is 0 Å². The van der Waals surface area contributed by atoms with Crippen LogP contribution >= 0.6 is 22.6 Å². The fourth-order valence-electron chi connectivity index (χ4n) is 0.413. The van der Waals surface area contributed by atoms with Gasteiger partial charge in [0.2, 0.25) is 0 Å². The summed E-state index contributed by atoms with van der Waals surface area (Å²) in [4.78, 5) is 0. The minimum absolute atomic E-state index is 0.202. The minimum Gasteiger partial charge on any atom is -0.382 e. The predicted octanol–water partition coefficient (Wildman–Crippen LogP) is 0.386. The molecule has 0 aliphatic carbocycles. The molecule has 1 N–H and O–H groups in total. The number of halogens is 1. The lowest BCUT2D eigenvalue weighted by molar-refractivity contribution is -0.0609. The summed E-state index contributed by atoms with van der Waals surface area (Å²) in [5.74, 6) is 0.403. The highest BCUT2D eigenvalue weighted by atomic mass is 127. The van der Waals surface area contributed by atoms with Gasteiger partial charge in [0.15, 0.2) is 0 Å². The lowest BCUT2D eigenvalue weighted by Crippen LogP contribution is -2.34. The van der Waals surface area contributed by atoms with Crippen LogP contribution in [0.4, 0.5) is 0 Å². The maximum atomic E-state index is 8.78. The van der Waals surface area contributed by atoms with Crippen LogP contribution in [-0.2, 0) is 4.74 Å². The van der Waals surface area contributed by atoms with E-state index >= 15 is 0 Å². The first-order valence-corrected chi connectivity index (χ1v) is 3.45. The van der Waals surface area contributed by atoms with E-state index in [-0.39, 0.29) is 4.11 Å². The van der Waals surface area contributed by atoms with E-state index in [0.29, 0.717) is 5.92 Å². The molecule has 1 atom stereocenters. The fourth-order valence-corrected chi connectivity index (χ4v) is 0.828. The van der Waals surface area contributed by atoms with Crippen molar-refractivity contribution in [3.05, 3.63) is 0 Å². The number of aliphatic hydroxyl groups excluding tert-OH is 1. The van der Waals surface area contributed by atoms with Gasteiger partial charge in [-0.15, -0.1) is 0 Å². The Labute approximate surface area is 56.0 Å². The Morgan fingerprint density at radius 1 is 1.71 bits per heavy atom. The van der Waals surface area contributed by atoms with Gasteiger partial charge >= 0.3 is 0 Å². The molecule has 1 unspecified atom stereocenters. The average Bonchev–Trinajstić information content (AvgIpc) is 1.23. The van der Waals surface area contributed by atoms with Crippen LogP contribution in [0.5, 0.6) is 0 Å². The fraction of sp³-hybridized carbons (Fsp3) is 1.00. The molecule has 0 aromatic rings. The lowest BCUT2D eigenvalue weighted by Gasteiger charge is -2.26. The largest absolute Gasteiger partial charge is 0.382 e. The lowest BCUT2D eigenvalue weighted by atomic mass is 10.1. The zero-order chi connectivity index (χ0) is 5.28. The molecule has 1 fully saturated rings. The zero-order valence-corrected chi connectivity index (χ0v) is 5.96. The summed E-state index contributed by atoms with van der Waals surface area (Å²) in [5.41, 5.74) is 0. The smallest absolute Gasteiger partial charge is 0.112 e. The highest BCUT2D eigenvalue weighted by Crippen LogP contribution is 2.18. The van der Waals surface area contributed by atoms with E-state index in [4.69, 9.17) is 9.84 Å². The average molecular weight is 214 g/mol. The molecule has 1 aliphatic rings. The molecule has 0 bridgehead atoms. The first-order valence-electron chi connectivity index (χ1n) is 2.20. The van der Waals surface area contributed by atoms with Crippen LogP contribution in [-0.4, -0.2) is 22.4 Å². The number of ether oxygens (including phenoxy) is 1. The Hall–Kier alpha value is 0.650. The third-order valence-electron chi connectivity index (χ3n) is 1.05. The molecule has 1 rings (SSSR count). The number of hydrogen-bond donors (Lipinski definition) is 1. The third-order valence-corrected chi connectivity index (χ3v) is 2.07. The van der Waals surface area contributed by atoms with Gasteiger partial charge in [-0.3, -0.25) is 0 Å². The van der Waals surface area contributed by atoms with Crippen molar-refractivity contribution in [3.8, 4) is 0 Å². The summed E-state index contributed by atoms with van der Waals surface area (Å²) in [6.45, 7) is 1.48. The van der Waals surface area contributed by atoms with E-state index in [1.807, 2.05) is 22.6 Å². The molecular weight excluding hydrogens is 207 g/mol. The summed E-state index contributed by atoms with van der Waals surface area (Å²) in [7, 11) is 0. The zero-order valence-electron chi connectivity index (χ0n) is 3.80. The first kappa shape index (κ1) is 5.78. The number of rotatable bonds is 1. The molecular formula is C4H7IO2. The third kappa shape index (κ3) is 1.27. The second-order valence-corrected chi connectivity index (χ2v) is 2.95. The standard InChI is InChI=1S/C4H7IO2/c5-4(6)3-1-7-2-3/h3-4,6H,1-2H2. The highest BCUT2D eigenvalue weighted by Gasteiger charge is 2.23. The number of hydrogen-bond acceptors (Lipinski definition) is 2. The Morgan fingerprint density at radius 3 is 2.29 bits per heavy atom. The van der Waals surface area contributed by atoms with Crippen LogP contribution < -0.4 is 0 Å². The van der Waals surface area contributed by atoms with Crippen molar-refractivity contribution >= 4 is 22.6 Å². The van der Waals surface area contributed by atoms with Gasteiger partial charge in [0.25, 0.3) is 0 Å². The summed E-state index contributed by atoms with van der Waals surface area (Å²) in [6, 6.07) is 0. The highest BCUT2D eigenvalue weighted by molar-refractivity contribution is 14.1.